The molecule has 0 amide bonds. The molecule has 0 aliphatic heterocycles. The monoisotopic (exact) mass is 260 g/mol. The van der Waals surface area contributed by atoms with E-state index in [2.05, 4.69) is 9.97 Å². The van der Waals surface area contributed by atoms with Gasteiger partial charge in [0.25, 0.3) is 10.0 Å². The number of sulfonamides is 1. The van der Waals surface area contributed by atoms with E-state index < -0.39 is 15.6 Å². The van der Waals surface area contributed by atoms with Gasteiger partial charge >= 0.3 is 0 Å². The fourth-order valence-electron chi connectivity index (χ4n) is 1.90. The Hall–Kier alpha value is -0.920. The van der Waals surface area contributed by atoms with Crippen molar-refractivity contribution < 1.29 is 8.42 Å². The molecule has 0 radical (unpaired) electrons. The summed E-state index contributed by atoms with van der Waals surface area (Å²) in [6, 6.07) is 0. The van der Waals surface area contributed by atoms with Gasteiger partial charge in [-0.3, -0.25) is 0 Å². The van der Waals surface area contributed by atoms with Crippen LogP contribution in [-0.4, -0.2) is 41.8 Å². The summed E-state index contributed by atoms with van der Waals surface area (Å²) in [6.07, 6.45) is 3.99. The zero-order chi connectivity index (χ0) is 13.1. The summed E-state index contributed by atoms with van der Waals surface area (Å²) < 4.78 is 26.0. The first-order valence-electron chi connectivity index (χ1n) is 5.62. The maximum atomic E-state index is 12.3. The molecule has 0 aliphatic carbocycles. The topological polar surface area (TPSA) is 92.1 Å². The highest BCUT2D eigenvalue weighted by molar-refractivity contribution is 7.89. The summed E-state index contributed by atoms with van der Waals surface area (Å²) in [5, 5.41) is 0.0970. The standard InChI is InChI=1S/C10H20N4O2S/c1-4-10(5-2,7-11)14(3)17(15,16)9-6-12-8-13-9/h6,8H,4-5,7,11H2,1-3H3,(H,12,13). The number of nitrogens with zero attached hydrogens (tertiary/aromatic N) is 2. The summed E-state index contributed by atoms with van der Waals surface area (Å²) in [5.41, 5.74) is 5.21. The van der Waals surface area contributed by atoms with Crippen LogP contribution in [0.15, 0.2) is 17.6 Å². The molecule has 1 rings (SSSR count). The van der Waals surface area contributed by atoms with Crippen molar-refractivity contribution in [3.05, 3.63) is 12.5 Å². The van der Waals surface area contributed by atoms with E-state index in [9.17, 15) is 8.42 Å². The van der Waals surface area contributed by atoms with Crippen molar-refractivity contribution in [2.45, 2.75) is 37.3 Å². The molecule has 0 unspecified atom stereocenters. The van der Waals surface area contributed by atoms with Gasteiger partial charge in [-0.25, -0.2) is 13.4 Å². The van der Waals surface area contributed by atoms with Crippen molar-refractivity contribution in [2.75, 3.05) is 13.6 Å². The van der Waals surface area contributed by atoms with E-state index in [-0.39, 0.29) is 5.03 Å². The molecule has 0 aromatic carbocycles. The number of hydrogen-bond donors (Lipinski definition) is 2. The van der Waals surface area contributed by atoms with Gasteiger partial charge in [-0.1, -0.05) is 13.8 Å². The normalized spacial score (nSPS) is 13.2. The Morgan fingerprint density at radius 1 is 1.47 bits per heavy atom. The van der Waals surface area contributed by atoms with E-state index in [1.165, 1.54) is 16.8 Å². The van der Waals surface area contributed by atoms with Crippen LogP contribution in [0.4, 0.5) is 0 Å². The summed E-state index contributed by atoms with van der Waals surface area (Å²) >= 11 is 0. The fourth-order valence-corrected chi connectivity index (χ4v) is 3.43. The Morgan fingerprint density at radius 2 is 2.06 bits per heavy atom. The van der Waals surface area contributed by atoms with Crippen molar-refractivity contribution in [1.82, 2.24) is 14.3 Å². The average molecular weight is 260 g/mol. The number of H-pyrrole nitrogens is 1. The van der Waals surface area contributed by atoms with Crippen LogP contribution in [0.2, 0.25) is 0 Å². The lowest BCUT2D eigenvalue weighted by molar-refractivity contribution is 0.207. The molecular formula is C10H20N4O2S. The molecule has 0 bridgehead atoms. The predicted octanol–water partition coefficient (Wildman–Crippen LogP) is 0.548. The molecule has 1 aromatic rings. The SMILES string of the molecule is CCC(CC)(CN)N(C)S(=O)(=O)c1cnc[nH]1. The third-order valence-corrected chi connectivity index (χ3v) is 5.36. The molecule has 1 aromatic heterocycles. The van der Waals surface area contributed by atoms with Gasteiger partial charge in [0.2, 0.25) is 0 Å². The van der Waals surface area contributed by atoms with Gasteiger partial charge in [0, 0.05) is 19.1 Å². The molecular weight excluding hydrogens is 240 g/mol. The number of rotatable bonds is 6. The van der Waals surface area contributed by atoms with Gasteiger partial charge in [0.1, 0.15) is 0 Å². The molecule has 0 atom stereocenters. The third-order valence-electron chi connectivity index (χ3n) is 3.48. The number of nitrogens with two attached hydrogens (primary N) is 1. The maximum Gasteiger partial charge on any atom is 0.260 e. The summed E-state index contributed by atoms with van der Waals surface area (Å²) in [5.74, 6) is 0. The number of likely N-dealkylation sites (N-methyl/N-ethyl adjacent to an activating group) is 1. The van der Waals surface area contributed by atoms with Crippen LogP contribution in [0.5, 0.6) is 0 Å². The van der Waals surface area contributed by atoms with E-state index in [0.29, 0.717) is 19.4 Å². The van der Waals surface area contributed by atoms with Crippen molar-refractivity contribution in [3.8, 4) is 0 Å². The van der Waals surface area contributed by atoms with Gasteiger partial charge in [-0.2, -0.15) is 4.31 Å². The summed E-state index contributed by atoms with van der Waals surface area (Å²) in [4.78, 5) is 6.36. The van der Waals surface area contributed by atoms with E-state index in [1.54, 1.807) is 7.05 Å². The molecule has 0 fully saturated rings. The zero-order valence-electron chi connectivity index (χ0n) is 10.5. The van der Waals surface area contributed by atoms with Gasteiger partial charge in [0.15, 0.2) is 5.03 Å². The van der Waals surface area contributed by atoms with Crippen LogP contribution in [0.3, 0.4) is 0 Å². The molecule has 6 nitrogen and oxygen atoms in total. The van der Waals surface area contributed by atoms with Gasteiger partial charge in [0.05, 0.1) is 12.5 Å². The lowest BCUT2D eigenvalue weighted by Gasteiger charge is -2.38. The van der Waals surface area contributed by atoms with E-state index in [1.807, 2.05) is 13.8 Å². The Morgan fingerprint density at radius 3 is 2.41 bits per heavy atom. The zero-order valence-corrected chi connectivity index (χ0v) is 11.3. The number of nitrogens with one attached hydrogen (secondary N) is 1. The van der Waals surface area contributed by atoms with Crippen molar-refractivity contribution in [1.29, 1.82) is 0 Å². The Labute approximate surface area is 102 Å². The lowest BCUT2D eigenvalue weighted by Crippen LogP contribution is -2.53. The van der Waals surface area contributed by atoms with Gasteiger partial charge in [-0.05, 0) is 12.8 Å². The van der Waals surface area contributed by atoms with Crippen molar-refractivity contribution in [2.24, 2.45) is 5.73 Å². The van der Waals surface area contributed by atoms with Crippen LogP contribution in [-0.2, 0) is 10.0 Å². The third kappa shape index (κ3) is 2.36. The minimum absolute atomic E-state index is 0.0970. The molecule has 3 N–H and O–H groups in total. The fraction of sp³-hybridized carbons (Fsp3) is 0.700. The Bertz CT molecular complexity index is 429. The first-order chi connectivity index (χ1) is 7.94. The van der Waals surface area contributed by atoms with Crippen molar-refractivity contribution >= 4 is 10.0 Å². The number of aromatic nitrogens is 2. The van der Waals surface area contributed by atoms with Gasteiger partial charge in [-0.15, -0.1) is 0 Å². The van der Waals surface area contributed by atoms with Crippen molar-refractivity contribution in [3.63, 3.8) is 0 Å². The smallest absolute Gasteiger partial charge is 0.260 e. The predicted molar refractivity (Wildman–Crippen MR) is 65.9 cm³/mol. The number of aromatic amines is 1. The molecule has 0 saturated carbocycles. The molecule has 0 aliphatic rings. The van der Waals surface area contributed by atoms with E-state index in [0.717, 1.165) is 0 Å². The maximum absolute atomic E-state index is 12.3. The molecule has 17 heavy (non-hydrogen) atoms. The second kappa shape index (κ2) is 5.16. The minimum atomic E-state index is -3.55. The second-order valence-corrected chi connectivity index (χ2v) is 5.96. The van der Waals surface area contributed by atoms with E-state index >= 15 is 0 Å². The van der Waals surface area contributed by atoms with Crippen LogP contribution in [0.25, 0.3) is 0 Å². The average Bonchev–Trinajstić information content (AvgIpc) is 2.86. The number of hydrogen-bond acceptors (Lipinski definition) is 4. The molecule has 1 heterocycles. The molecule has 98 valence electrons. The van der Waals surface area contributed by atoms with Crippen LogP contribution < -0.4 is 5.73 Å². The molecule has 7 heteroatoms. The minimum Gasteiger partial charge on any atom is -0.335 e. The Balaban J connectivity index is 3.16. The van der Waals surface area contributed by atoms with Gasteiger partial charge < -0.3 is 10.7 Å². The van der Waals surface area contributed by atoms with Crippen LogP contribution in [0, 0.1) is 0 Å². The second-order valence-electron chi connectivity index (χ2n) is 4.02. The molecule has 0 saturated heterocycles. The first-order valence-corrected chi connectivity index (χ1v) is 7.06. The Kier molecular flexibility index (Phi) is 4.29. The van der Waals surface area contributed by atoms with Crippen LogP contribution in [0.1, 0.15) is 26.7 Å². The first kappa shape index (κ1) is 14.1. The number of imidazole rings is 1. The highest BCUT2D eigenvalue weighted by atomic mass is 32.2. The largest absolute Gasteiger partial charge is 0.335 e. The van der Waals surface area contributed by atoms with E-state index in [4.69, 9.17) is 5.73 Å². The lowest BCUT2D eigenvalue weighted by atomic mass is 9.93. The summed E-state index contributed by atoms with van der Waals surface area (Å²) in [6.45, 7) is 4.18. The summed E-state index contributed by atoms with van der Waals surface area (Å²) in [7, 11) is -1.99. The quantitative estimate of drug-likeness (QED) is 0.781. The highest BCUT2D eigenvalue weighted by Crippen LogP contribution is 2.26. The van der Waals surface area contributed by atoms with Crippen LogP contribution >= 0.6 is 0 Å². The molecule has 0 spiro atoms. The highest BCUT2D eigenvalue weighted by Gasteiger charge is 2.38.